The lowest BCUT2D eigenvalue weighted by molar-refractivity contribution is 0.275. The van der Waals surface area contributed by atoms with Crippen molar-refractivity contribution in [2.24, 2.45) is 4.99 Å². The highest BCUT2D eigenvalue weighted by molar-refractivity contribution is 5.72. The van der Waals surface area contributed by atoms with Gasteiger partial charge in [0.15, 0.2) is 23.8 Å². The van der Waals surface area contributed by atoms with Gasteiger partial charge in [-0.2, -0.15) is 0 Å². The van der Waals surface area contributed by atoms with E-state index in [4.69, 9.17) is 25.6 Å². The largest absolute Gasteiger partial charge is 0.489 e. The zero-order valence-corrected chi connectivity index (χ0v) is 15.2. The predicted molar refractivity (Wildman–Crippen MR) is 102 cm³/mol. The van der Waals surface area contributed by atoms with Gasteiger partial charge in [0.05, 0.1) is 18.3 Å². The maximum atomic E-state index is 6.22. The van der Waals surface area contributed by atoms with Crippen LogP contribution >= 0.6 is 0 Å². The van der Waals surface area contributed by atoms with Gasteiger partial charge in [-0.1, -0.05) is 0 Å². The Labute approximate surface area is 157 Å². The number of hydrogen-bond acceptors (Lipinski definition) is 5. The molecule has 3 aliphatic heterocycles. The molecule has 27 heavy (non-hydrogen) atoms. The molecule has 0 spiro atoms. The Kier molecular flexibility index (Phi) is 3.68. The van der Waals surface area contributed by atoms with Crippen molar-refractivity contribution in [2.75, 3.05) is 44.3 Å². The summed E-state index contributed by atoms with van der Waals surface area (Å²) in [5.41, 5.74) is 1.83. The first kappa shape index (κ1) is 16.0. The SMILES string of the molecule is C#CC[N+]1=c2cc3c(cc2OCC1)=Nc1cc2c(cc1O3)N(CC)CCO2. The summed E-state index contributed by atoms with van der Waals surface area (Å²) in [7, 11) is 0. The molecule has 2 aromatic carbocycles. The van der Waals surface area contributed by atoms with Crippen molar-refractivity contribution in [2.45, 2.75) is 6.92 Å². The molecule has 2 aromatic rings. The Morgan fingerprint density at radius 2 is 2.00 bits per heavy atom. The lowest BCUT2D eigenvalue weighted by Crippen LogP contribution is -2.40. The third-order valence-corrected chi connectivity index (χ3v) is 5.12. The van der Waals surface area contributed by atoms with Crippen molar-refractivity contribution >= 4 is 11.4 Å². The fraction of sp³-hybridized carbons (Fsp3) is 0.333. The molecular weight excluding hydrogens is 342 g/mol. The van der Waals surface area contributed by atoms with E-state index < -0.39 is 0 Å². The lowest BCUT2D eigenvalue weighted by atomic mass is 10.1. The van der Waals surface area contributed by atoms with E-state index in [1.54, 1.807) is 0 Å². The molecule has 3 heterocycles. The molecule has 0 aliphatic carbocycles. The third kappa shape index (κ3) is 2.58. The van der Waals surface area contributed by atoms with Gasteiger partial charge in [0.2, 0.25) is 11.9 Å². The zero-order valence-electron chi connectivity index (χ0n) is 15.2. The van der Waals surface area contributed by atoms with E-state index in [9.17, 15) is 0 Å². The average Bonchev–Trinajstić information content (AvgIpc) is 2.69. The molecule has 5 rings (SSSR count). The first-order chi connectivity index (χ1) is 13.3. The van der Waals surface area contributed by atoms with Crippen molar-refractivity contribution in [1.82, 2.24) is 4.58 Å². The Morgan fingerprint density at radius 3 is 2.85 bits per heavy atom. The second-order valence-corrected chi connectivity index (χ2v) is 6.69. The van der Waals surface area contributed by atoms with Crippen LogP contribution in [0.5, 0.6) is 23.0 Å². The Balaban J connectivity index is 1.67. The minimum absolute atomic E-state index is 0.541. The molecule has 136 valence electrons. The van der Waals surface area contributed by atoms with Gasteiger partial charge in [0.1, 0.15) is 30.0 Å². The van der Waals surface area contributed by atoms with Crippen LogP contribution in [0.4, 0.5) is 11.4 Å². The van der Waals surface area contributed by atoms with Crippen molar-refractivity contribution in [3.63, 3.8) is 0 Å². The summed E-state index contributed by atoms with van der Waals surface area (Å²) >= 11 is 0. The van der Waals surface area contributed by atoms with Gasteiger partial charge in [0.25, 0.3) is 0 Å². The second kappa shape index (κ2) is 6.20. The lowest BCUT2D eigenvalue weighted by Gasteiger charge is -2.31. The second-order valence-electron chi connectivity index (χ2n) is 6.69. The van der Waals surface area contributed by atoms with E-state index in [1.165, 1.54) is 0 Å². The number of nitrogens with zero attached hydrogens (tertiary/aromatic N) is 3. The van der Waals surface area contributed by atoms with Crippen LogP contribution in [0.1, 0.15) is 6.92 Å². The fourth-order valence-corrected chi connectivity index (χ4v) is 3.76. The Bertz CT molecular complexity index is 1100. The topological polar surface area (TPSA) is 46.3 Å². The zero-order chi connectivity index (χ0) is 18.4. The summed E-state index contributed by atoms with van der Waals surface area (Å²) in [6, 6.07) is 7.88. The number of terminal acetylenes is 1. The van der Waals surface area contributed by atoms with Crippen LogP contribution in [-0.2, 0) is 0 Å². The molecule has 6 nitrogen and oxygen atoms in total. The summed E-state index contributed by atoms with van der Waals surface area (Å²) in [6.07, 6.45) is 5.51. The molecule has 0 aromatic heterocycles. The summed E-state index contributed by atoms with van der Waals surface area (Å²) in [5.74, 6) is 5.81. The molecule has 0 saturated heterocycles. The Morgan fingerprint density at radius 1 is 1.11 bits per heavy atom. The van der Waals surface area contributed by atoms with Crippen LogP contribution < -0.4 is 34.4 Å². The summed E-state index contributed by atoms with van der Waals surface area (Å²) < 4.78 is 20.0. The van der Waals surface area contributed by atoms with E-state index in [0.717, 1.165) is 59.0 Å². The third-order valence-electron chi connectivity index (χ3n) is 5.12. The maximum absolute atomic E-state index is 6.22. The number of fused-ring (bicyclic) bond motifs is 4. The van der Waals surface area contributed by atoms with Crippen LogP contribution in [0.25, 0.3) is 0 Å². The summed E-state index contributed by atoms with van der Waals surface area (Å²) in [4.78, 5) is 7.07. The standard InChI is InChI=1S/C21H20N3O3/c1-3-5-24-7-9-26-21-11-15-19(13-17(21)24)27-18-12-16-20(10-14(18)22-15)25-8-6-23(16)4-2/h1,10-13H,4-9H2,2H3/q+1. The smallest absolute Gasteiger partial charge is 0.247 e. The number of likely N-dealkylation sites (N-methyl/N-ethyl adjacent to an activating group) is 1. The van der Waals surface area contributed by atoms with Crippen molar-refractivity contribution < 1.29 is 14.2 Å². The van der Waals surface area contributed by atoms with Crippen molar-refractivity contribution in [3.05, 3.63) is 35.0 Å². The molecule has 3 aliphatic rings. The molecule has 6 heteroatoms. The number of anilines is 1. The van der Waals surface area contributed by atoms with Gasteiger partial charge < -0.3 is 19.1 Å². The van der Waals surface area contributed by atoms with Crippen LogP contribution in [0, 0.1) is 12.3 Å². The monoisotopic (exact) mass is 362 g/mol. The highest BCUT2D eigenvalue weighted by atomic mass is 16.5. The van der Waals surface area contributed by atoms with E-state index >= 15 is 0 Å². The fourth-order valence-electron chi connectivity index (χ4n) is 3.76. The molecule has 0 fully saturated rings. The predicted octanol–water partition coefficient (Wildman–Crippen LogP) is 1.48. The quantitative estimate of drug-likeness (QED) is 0.512. The molecule has 0 unspecified atom stereocenters. The van der Waals surface area contributed by atoms with Gasteiger partial charge in [0, 0.05) is 24.7 Å². The molecular formula is C21H20N3O3+. The average molecular weight is 362 g/mol. The van der Waals surface area contributed by atoms with Gasteiger partial charge >= 0.3 is 0 Å². The van der Waals surface area contributed by atoms with E-state index in [-0.39, 0.29) is 0 Å². The van der Waals surface area contributed by atoms with Crippen LogP contribution in [0.2, 0.25) is 0 Å². The minimum Gasteiger partial charge on any atom is -0.489 e. The Hall–Kier alpha value is -3.20. The first-order valence-corrected chi connectivity index (χ1v) is 9.21. The van der Waals surface area contributed by atoms with E-state index in [1.807, 2.05) is 24.3 Å². The van der Waals surface area contributed by atoms with Crippen LogP contribution in [0.3, 0.4) is 0 Å². The summed E-state index contributed by atoms with van der Waals surface area (Å²) in [6.45, 7) is 6.54. The molecule has 0 N–H and O–H groups in total. The molecule has 0 saturated carbocycles. The van der Waals surface area contributed by atoms with Gasteiger partial charge in [-0.05, 0) is 12.8 Å². The van der Waals surface area contributed by atoms with Crippen LogP contribution in [-0.4, -0.2) is 39.4 Å². The first-order valence-electron chi connectivity index (χ1n) is 9.21. The molecule has 0 atom stereocenters. The molecule has 0 amide bonds. The number of ether oxygens (including phenoxy) is 3. The van der Waals surface area contributed by atoms with E-state index in [0.29, 0.717) is 25.5 Å². The van der Waals surface area contributed by atoms with Crippen molar-refractivity contribution in [3.8, 4) is 35.3 Å². The van der Waals surface area contributed by atoms with Gasteiger partial charge in [-0.25, -0.2) is 9.57 Å². The summed E-state index contributed by atoms with van der Waals surface area (Å²) in [5, 5.41) is 1.71. The minimum atomic E-state index is 0.541. The normalized spacial score (nSPS) is 16.3. The highest BCUT2D eigenvalue weighted by Gasteiger charge is 2.25. The number of rotatable bonds is 2. The molecule has 0 bridgehead atoms. The molecule has 0 radical (unpaired) electrons. The van der Waals surface area contributed by atoms with Gasteiger partial charge in [-0.3, -0.25) is 0 Å². The van der Waals surface area contributed by atoms with Crippen LogP contribution in [0.15, 0.2) is 29.3 Å². The van der Waals surface area contributed by atoms with E-state index in [2.05, 4.69) is 22.3 Å². The number of hydrogen-bond donors (Lipinski definition) is 0. The number of benzene rings is 2. The van der Waals surface area contributed by atoms with Gasteiger partial charge in [-0.15, -0.1) is 6.42 Å². The highest BCUT2D eigenvalue weighted by Crippen LogP contribution is 2.44. The van der Waals surface area contributed by atoms with Crippen molar-refractivity contribution in [1.29, 1.82) is 0 Å². The maximum Gasteiger partial charge on any atom is 0.247 e.